The molecule has 0 N–H and O–H groups in total. The van der Waals surface area contributed by atoms with Crippen LogP contribution in [0.3, 0.4) is 0 Å². The normalized spacial score (nSPS) is 11.6. The van der Waals surface area contributed by atoms with E-state index in [0.29, 0.717) is 4.90 Å². The Morgan fingerprint density at radius 1 is 0.812 bits per heavy atom. The van der Waals surface area contributed by atoms with E-state index in [4.69, 9.17) is 0 Å². The van der Waals surface area contributed by atoms with E-state index < -0.39 is 11.1 Å². The quantitative estimate of drug-likeness (QED) is 0.542. The van der Waals surface area contributed by atoms with Crippen molar-refractivity contribution in [1.29, 1.82) is 0 Å². The van der Waals surface area contributed by atoms with E-state index in [9.17, 15) is 8.76 Å². The molecule has 0 aliphatic rings. The van der Waals surface area contributed by atoms with Gasteiger partial charge >= 0.3 is 51.4 Å². The molecule has 0 heterocycles. The third-order valence-electron chi connectivity index (χ3n) is 2.15. The molecule has 2 nitrogen and oxygen atoms in total. The first kappa shape index (κ1) is 14.2. The molecule has 16 heavy (non-hydrogen) atoms. The zero-order valence-corrected chi connectivity index (χ0v) is 12.9. The monoisotopic (exact) mass is 256 g/mol. The van der Waals surface area contributed by atoms with Crippen molar-refractivity contribution in [3.63, 3.8) is 0 Å². The van der Waals surface area contributed by atoms with Crippen molar-refractivity contribution in [3.8, 4) is 11.1 Å². The van der Waals surface area contributed by atoms with E-state index in [1.54, 1.807) is 24.3 Å². The van der Waals surface area contributed by atoms with Crippen LogP contribution in [0.5, 0.6) is 0 Å². The standard InChI is InChI=1S/C12H10O2S.K/c13-15(14)12-8-6-11(7-9-12)10-4-2-1-3-5-10;/h1-9H,(H,13,14);/q;+1/p-1. The molecular weight excluding hydrogens is 247 g/mol. The number of rotatable bonds is 2. The second kappa shape index (κ2) is 6.81. The third kappa shape index (κ3) is 3.60. The van der Waals surface area contributed by atoms with E-state index in [1.165, 1.54) is 0 Å². The van der Waals surface area contributed by atoms with E-state index >= 15 is 0 Å². The number of benzene rings is 2. The van der Waals surface area contributed by atoms with Gasteiger partial charge in [-0.15, -0.1) is 0 Å². The fourth-order valence-electron chi connectivity index (χ4n) is 1.39. The van der Waals surface area contributed by atoms with Crippen LogP contribution in [0, 0.1) is 0 Å². The number of hydrogen-bond acceptors (Lipinski definition) is 2. The van der Waals surface area contributed by atoms with Gasteiger partial charge in [0.15, 0.2) is 0 Å². The third-order valence-corrected chi connectivity index (χ3v) is 2.81. The van der Waals surface area contributed by atoms with Gasteiger partial charge in [0.05, 0.1) is 0 Å². The van der Waals surface area contributed by atoms with E-state index in [0.717, 1.165) is 11.1 Å². The van der Waals surface area contributed by atoms with Gasteiger partial charge in [-0.25, -0.2) is 0 Å². The zero-order valence-electron chi connectivity index (χ0n) is 8.92. The van der Waals surface area contributed by atoms with Crippen molar-refractivity contribution in [1.82, 2.24) is 0 Å². The molecule has 0 radical (unpaired) electrons. The summed E-state index contributed by atoms with van der Waals surface area (Å²) in [6, 6.07) is 16.7. The maximum atomic E-state index is 10.6. The van der Waals surface area contributed by atoms with Gasteiger partial charge in [0.2, 0.25) is 0 Å². The molecular formula is C12H9KO2S. The van der Waals surface area contributed by atoms with Gasteiger partial charge in [-0.1, -0.05) is 42.5 Å². The summed E-state index contributed by atoms with van der Waals surface area (Å²) in [6.07, 6.45) is 0. The first-order valence-corrected chi connectivity index (χ1v) is 5.59. The summed E-state index contributed by atoms with van der Waals surface area (Å²) in [7, 11) is 0. The Morgan fingerprint density at radius 2 is 1.31 bits per heavy atom. The van der Waals surface area contributed by atoms with Crippen molar-refractivity contribution >= 4 is 11.1 Å². The fourth-order valence-corrected chi connectivity index (χ4v) is 1.75. The van der Waals surface area contributed by atoms with Crippen LogP contribution < -0.4 is 51.4 Å². The maximum Gasteiger partial charge on any atom is 1.00 e. The summed E-state index contributed by atoms with van der Waals surface area (Å²) in [4.78, 5) is 0.315. The molecule has 4 heteroatoms. The molecule has 1 unspecified atom stereocenters. The Hall–Kier alpha value is 0.186. The smallest absolute Gasteiger partial charge is 0.768 e. The molecule has 2 aromatic carbocycles. The summed E-state index contributed by atoms with van der Waals surface area (Å²) < 4.78 is 21.3. The van der Waals surface area contributed by atoms with Crippen LogP contribution >= 0.6 is 0 Å². The fraction of sp³-hybridized carbons (Fsp3) is 0. The Morgan fingerprint density at radius 3 is 1.81 bits per heavy atom. The van der Waals surface area contributed by atoms with Crippen LogP contribution in [-0.2, 0) is 11.1 Å². The number of hydrogen-bond donors (Lipinski definition) is 0. The van der Waals surface area contributed by atoms with Crippen molar-refractivity contribution < 1.29 is 60.1 Å². The topological polar surface area (TPSA) is 40.1 Å². The predicted octanol–water partition coefficient (Wildman–Crippen LogP) is -0.404. The van der Waals surface area contributed by atoms with Crippen LogP contribution in [0.2, 0.25) is 0 Å². The molecule has 2 rings (SSSR count). The summed E-state index contributed by atoms with van der Waals surface area (Å²) in [6.45, 7) is 0. The van der Waals surface area contributed by atoms with Crippen LogP contribution in [0.15, 0.2) is 59.5 Å². The molecule has 0 spiro atoms. The first-order valence-electron chi connectivity index (χ1n) is 4.52. The summed E-state index contributed by atoms with van der Waals surface area (Å²) in [5.74, 6) is 0. The van der Waals surface area contributed by atoms with Crippen molar-refractivity contribution in [2.45, 2.75) is 4.90 Å². The van der Waals surface area contributed by atoms with Gasteiger partial charge in [-0.3, -0.25) is 4.21 Å². The molecule has 0 aromatic heterocycles. The van der Waals surface area contributed by atoms with Gasteiger partial charge in [-0.05, 0) is 34.3 Å². The minimum atomic E-state index is -2.14. The maximum absolute atomic E-state index is 10.6. The minimum absolute atomic E-state index is 0. The second-order valence-corrected chi connectivity index (χ2v) is 4.07. The predicted molar refractivity (Wildman–Crippen MR) is 59.1 cm³/mol. The molecule has 76 valence electrons. The molecule has 0 saturated heterocycles. The molecule has 0 fully saturated rings. The van der Waals surface area contributed by atoms with E-state index in [-0.39, 0.29) is 51.4 Å². The molecule has 2 aromatic rings. The van der Waals surface area contributed by atoms with Crippen LogP contribution in [0.1, 0.15) is 0 Å². The van der Waals surface area contributed by atoms with Gasteiger partial charge in [0.25, 0.3) is 0 Å². The average Bonchev–Trinajstić information content (AvgIpc) is 2.30. The average molecular weight is 256 g/mol. The second-order valence-electron chi connectivity index (χ2n) is 3.13. The van der Waals surface area contributed by atoms with Crippen molar-refractivity contribution in [3.05, 3.63) is 54.6 Å². The molecule has 0 bridgehead atoms. The minimum Gasteiger partial charge on any atom is -0.768 e. The molecule has 0 aliphatic carbocycles. The first-order chi connectivity index (χ1) is 7.27. The SMILES string of the molecule is O=S([O-])c1ccc(-c2ccccc2)cc1.[K+]. The Balaban J connectivity index is 0.00000128. The Bertz CT molecular complexity index is 468. The van der Waals surface area contributed by atoms with Crippen LogP contribution in [0.25, 0.3) is 11.1 Å². The summed E-state index contributed by atoms with van der Waals surface area (Å²) >= 11 is -2.14. The van der Waals surface area contributed by atoms with Crippen molar-refractivity contribution in [2.24, 2.45) is 0 Å². The molecule has 0 saturated carbocycles. The Kier molecular flexibility index (Phi) is 6.06. The summed E-state index contributed by atoms with van der Waals surface area (Å²) in [5.41, 5.74) is 2.10. The van der Waals surface area contributed by atoms with Gasteiger partial charge in [0, 0.05) is 4.90 Å². The zero-order chi connectivity index (χ0) is 10.7. The van der Waals surface area contributed by atoms with E-state index in [1.807, 2.05) is 30.3 Å². The van der Waals surface area contributed by atoms with Gasteiger partial charge in [-0.2, -0.15) is 0 Å². The summed E-state index contributed by atoms with van der Waals surface area (Å²) in [5, 5.41) is 0. The Labute approximate surface area is 140 Å². The van der Waals surface area contributed by atoms with E-state index in [2.05, 4.69) is 0 Å². The largest absolute Gasteiger partial charge is 1.00 e. The van der Waals surface area contributed by atoms with Gasteiger partial charge in [0.1, 0.15) is 0 Å². The molecule has 0 amide bonds. The van der Waals surface area contributed by atoms with Gasteiger partial charge < -0.3 is 4.55 Å². The van der Waals surface area contributed by atoms with Crippen LogP contribution in [-0.4, -0.2) is 8.76 Å². The molecule has 1 atom stereocenters. The van der Waals surface area contributed by atoms with Crippen molar-refractivity contribution in [2.75, 3.05) is 0 Å². The molecule has 0 aliphatic heterocycles. The van der Waals surface area contributed by atoms with Crippen LogP contribution in [0.4, 0.5) is 0 Å².